The first-order valence-electron chi connectivity index (χ1n) is 8.65. The maximum atomic E-state index is 11.9. The summed E-state index contributed by atoms with van der Waals surface area (Å²) >= 11 is 4.70. The number of hydrogen-bond donors (Lipinski definition) is 2. The summed E-state index contributed by atoms with van der Waals surface area (Å²) in [6, 6.07) is 7.44. The van der Waals surface area contributed by atoms with Gasteiger partial charge in [-0.1, -0.05) is 28.9 Å². The lowest BCUT2D eigenvalue weighted by molar-refractivity contribution is -0.118. The summed E-state index contributed by atoms with van der Waals surface area (Å²) in [7, 11) is 0. The largest absolute Gasteiger partial charge is 0.354 e. The molecule has 1 saturated heterocycles. The SMILES string of the molecule is CC1CCN(CCNC(=O)CSCC(=O)Nc2cccc(Br)c2)CC1. The number of piperidine rings is 1. The van der Waals surface area contributed by atoms with Crippen LogP contribution in [-0.2, 0) is 9.59 Å². The van der Waals surface area contributed by atoms with E-state index in [9.17, 15) is 9.59 Å². The van der Waals surface area contributed by atoms with Crippen molar-refractivity contribution in [2.75, 3.05) is 43.0 Å². The molecule has 0 unspecified atom stereocenters. The van der Waals surface area contributed by atoms with Gasteiger partial charge in [-0.25, -0.2) is 0 Å². The Hall–Kier alpha value is -1.05. The van der Waals surface area contributed by atoms with Crippen LogP contribution < -0.4 is 10.6 Å². The third-order valence-electron chi connectivity index (χ3n) is 4.20. The van der Waals surface area contributed by atoms with Crippen molar-refractivity contribution in [3.63, 3.8) is 0 Å². The van der Waals surface area contributed by atoms with Crippen molar-refractivity contribution < 1.29 is 9.59 Å². The Balaban J connectivity index is 1.53. The lowest BCUT2D eigenvalue weighted by Crippen LogP contribution is -2.39. The number of hydrogen-bond acceptors (Lipinski definition) is 4. The maximum Gasteiger partial charge on any atom is 0.234 e. The second-order valence-corrected chi connectivity index (χ2v) is 8.33. The van der Waals surface area contributed by atoms with Gasteiger partial charge in [0.05, 0.1) is 11.5 Å². The molecular weight excluding hydrogens is 402 g/mol. The molecule has 7 heteroatoms. The van der Waals surface area contributed by atoms with Crippen LogP contribution in [0.2, 0.25) is 0 Å². The Morgan fingerprint density at radius 1 is 1.24 bits per heavy atom. The summed E-state index contributed by atoms with van der Waals surface area (Å²) in [6.45, 7) is 6.14. The van der Waals surface area contributed by atoms with Crippen LogP contribution in [0.1, 0.15) is 19.8 Å². The number of carbonyl (C=O) groups excluding carboxylic acids is 2. The molecule has 25 heavy (non-hydrogen) atoms. The average Bonchev–Trinajstić information content (AvgIpc) is 2.56. The van der Waals surface area contributed by atoms with Gasteiger partial charge in [-0.3, -0.25) is 9.59 Å². The van der Waals surface area contributed by atoms with Crippen LogP contribution in [0.15, 0.2) is 28.7 Å². The number of likely N-dealkylation sites (tertiary alicyclic amines) is 1. The lowest BCUT2D eigenvalue weighted by atomic mass is 9.99. The van der Waals surface area contributed by atoms with Crippen molar-refractivity contribution in [3.05, 3.63) is 28.7 Å². The van der Waals surface area contributed by atoms with Crippen molar-refractivity contribution >= 4 is 45.2 Å². The minimum Gasteiger partial charge on any atom is -0.354 e. The van der Waals surface area contributed by atoms with Crippen molar-refractivity contribution in [3.8, 4) is 0 Å². The Labute approximate surface area is 162 Å². The molecule has 2 N–H and O–H groups in total. The summed E-state index contributed by atoms with van der Waals surface area (Å²) in [5, 5.41) is 5.75. The van der Waals surface area contributed by atoms with E-state index in [0.717, 1.165) is 35.7 Å². The second-order valence-electron chi connectivity index (χ2n) is 6.43. The van der Waals surface area contributed by atoms with E-state index in [1.165, 1.54) is 24.6 Å². The smallest absolute Gasteiger partial charge is 0.234 e. The van der Waals surface area contributed by atoms with E-state index >= 15 is 0 Å². The van der Waals surface area contributed by atoms with E-state index < -0.39 is 0 Å². The highest BCUT2D eigenvalue weighted by Gasteiger charge is 2.15. The molecule has 2 rings (SSSR count). The first kappa shape index (κ1) is 20.3. The van der Waals surface area contributed by atoms with Gasteiger partial charge in [0.15, 0.2) is 0 Å². The number of halogens is 1. The molecule has 2 amide bonds. The molecule has 0 aliphatic carbocycles. The van der Waals surface area contributed by atoms with Crippen molar-refractivity contribution in [1.82, 2.24) is 10.2 Å². The van der Waals surface area contributed by atoms with Gasteiger partial charge in [-0.2, -0.15) is 0 Å². The van der Waals surface area contributed by atoms with Crippen molar-refractivity contribution in [2.45, 2.75) is 19.8 Å². The van der Waals surface area contributed by atoms with Crippen LogP contribution in [0.4, 0.5) is 5.69 Å². The molecule has 0 bridgehead atoms. The second kappa shape index (κ2) is 10.8. The van der Waals surface area contributed by atoms with E-state index in [1.807, 2.05) is 24.3 Å². The van der Waals surface area contributed by atoms with E-state index in [2.05, 4.69) is 38.4 Å². The fourth-order valence-corrected chi connectivity index (χ4v) is 3.74. The molecular formula is C18H26BrN3O2S. The van der Waals surface area contributed by atoms with Crippen LogP contribution in [0.3, 0.4) is 0 Å². The predicted octanol–water partition coefficient (Wildman–Crippen LogP) is 2.97. The Morgan fingerprint density at radius 3 is 2.68 bits per heavy atom. The Kier molecular flexibility index (Phi) is 8.78. The summed E-state index contributed by atoms with van der Waals surface area (Å²) < 4.78 is 0.917. The molecule has 1 heterocycles. The van der Waals surface area contributed by atoms with Crippen LogP contribution in [0.5, 0.6) is 0 Å². The highest BCUT2D eigenvalue weighted by Crippen LogP contribution is 2.16. The number of thioether (sulfide) groups is 1. The summed E-state index contributed by atoms with van der Waals surface area (Å²) in [5.41, 5.74) is 0.750. The molecule has 1 fully saturated rings. The molecule has 0 atom stereocenters. The minimum atomic E-state index is -0.0988. The van der Waals surface area contributed by atoms with Gasteiger partial charge in [-0.15, -0.1) is 11.8 Å². The third-order valence-corrected chi connectivity index (χ3v) is 5.63. The number of nitrogens with one attached hydrogen (secondary N) is 2. The average molecular weight is 428 g/mol. The Morgan fingerprint density at radius 2 is 1.96 bits per heavy atom. The third kappa shape index (κ3) is 8.25. The van der Waals surface area contributed by atoms with E-state index in [1.54, 1.807) is 0 Å². The zero-order chi connectivity index (χ0) is 18.1. The highest BCUT2D eigenvalue weighted by molar-refractivity contribution is 9.10. The van der Waals surface area contributed by atoms with Gasteiger partial charge < -0.3 is 15.5 Å². The fraction of sp³-hybridized carbons (Fsp3) is 0.556. The standard InChI is InChI=1S/C18H26BrN3O2S/c1-14-5-8-22(9-6-14)10-7-20-17(23)12-25-13-18(24)21-16-4-2-3-15(19)11-16/h2-4,11,14H,5-10,12-13H2,1H3,(H,20,23)(H,21,24). The first-order chi connectivity index (χ1) is 12.0. The van der Waals surface area contributed by atoms with Gasteiger partial charge >= 0.3 is 0 Å². The first-order valence-corrected chi connectivity index (χ1v) is 10.6. The summed E-state index contributed by atoms with van der Waals surface area (Å²) in [5.74, 6) is 1.29. The number of anilines is 1. The van der Waals surface area contributed by atoms with Crippen LogP contribution >= 0.6 is 27.7 Å². The van der Waals surface area contributed by atoms with E-state index in [4.69, 9.17) is 0 Å². The summed E-state index contributed by atoms with van der Waals surface area (Å²) in [6.07, 6.45) is 2.49. The molecule has 0 spiro atoms. The molecule has 138 valence electrons. The molecule has 1 aliphatic heterocycles. The maximum absolute atomic E-state index is 11.9. The fourth-order valence-electron chi connectivity index (χ4n) is 2.69. The van der Waals surface area contributed by atoms with Crippen molar-refractivity contribution in [2.24, 2.45) is 5.92 Å². The highest BCUT2D eigenvalue weighted by atomic mass is 79.9. The molecule has 0 radical (unpaired) electrons. The zero-order valence-corrected chi connectivity index (χ0v) is 17.0. The molecule has 5 nitrogen and oxygen atoms in total. The molecule has 0 saturated carbocycles. The topological polar surface area (TPSA) is 61.4 Å². The monoisotopic (exact) mass is 427 g/mol. The summed E-state index contributed by atoms with van der Waals surface area (Å²) in [4.78, 5) is 26.1. The predicted molar refractivity (Wildman–Crippen MR) is 108 cm³/mol. The van der Waals surface area contributed by atoms with Crippen LogP contribution in [-0.4, -0.2) is 54.4 Å². The number of benzene rings is 1. The van der Waals surface area contributed by atoms with Gasteiger partial charge in [0, 0.05) is 23.2 Å². The number of carbonyl (C=O) groups is 2. The quantitative estimate of drug-likeness (QED) is 0.669. The normalized spacial score (nSPS) is 15.8. The van der Waals surface area contributed by atoms with Gasteiger partial charge in [0.1, 0.15) is 0 Å². The van der Waals surface area contributed by atoms with Crippen LogP contribution in [0.25, 0.3) is 0 Å². The van der Waals surface area contributed by atoms with Gasteiger partial charge in [-0.05, 0) is 50.0 Å². The number of rotatable bonds is 8. The van der Waals surface area contributed by atoms with E-state index in [0.29, 0.717) is 12.3 Å². The molecule has 1 aliphatic rings. The number of amides is 2. The zero-order valence-electron chi connectivity index (χ0n) is 14.6. The van der Waals surface area contributed by atoms with Gasteiger partial charge in [0.2, 0.25) is 11.8 Å². The lowest BCUT2D eigenvalue weighted by Gasteiger charge is -2.30. The molecule has 1 aromatic carbocycles. The Bertz CT molecular complexity index is 577. The van der Waals surface area contributed by atoms with E-state index in [-0.39, 0.29) is 17.6 Å². The van der Waals surface area contributed by atoms with Crippen molar-refractivity contribution in [1.29, 1.82) is 0 Å². The molecule has 1 aromatic rings. The molecule has 0 aromatic heterocycles. The number of nitrogens with zero attached hydrogens (tertiary/aromatic N) is 1. The van der Waals surface area contributed by atoms with Crippen LogP contribution in [0, 0.1) is 5.92 Å². The minimum absolute atomic E-state index is 0.00867. The van der Waals surface area contributed by atoms with Gasteiger partial charge in [0.25, 0.3) is 0 Å².